The molecule has 3 rings (SSSR count). The van der Waals surface area contributed by atoms with Gasteiger partial charge in [-0.25, -0.2) is 0 Å². The monoisotopic (exact) mass is 194 g/mol. The van der Waals surface area contributed by atoms with Crippen molar-refractivity contribution in [3.05, 3.63) is 0 Å². The van der Waals surface area contributed by atoms with E-state index in [0.29, 0.717) is 0 Å². The molecule has 0 bridgehead atoms. The number of nitrogens with zero attached hydrogens (tertiary/aromatic N) is 1. The second kappa shape index (κ2) is 3.82. The van der Waals surface area contributed by atoms with E-state index in [4.69, 9.17) is 0 Å². The van der Waals surface area contributed by atoms with Crippen LogP contribution in [0.4, 0.5) is 0 Å². The molecule has 0 aromatic carbocycles. The van der Waals surface area contributed by atoms with Crippen molar-refractivity contribution in [1.82, 2.24) is 10.2 Å². The van der Waals surface area contributed by atoms with Crippen LogP contribution in [-0.4, -0.2) is 37.1 Å². The fourth-order valence-corrected chi connectivity index (χ4v) is 3.82. The molecular weight excluding hydrogens is 172 g/mol. The largest absolute Gasteiger partial charge is 0.316 e. The van der Waals surface area contributed by atoms with E-state index in [1.54, 1.807) is 0 Å². The molecule has 3 atom stereocenters. The Labute approximate surface area is 87.0 Å². The van der Waals surface area contributed by atoms with Crippen LogP contribution in [0, 0.1) is 11.8 Å². The van der Waals surface area contributed by atoms with E-state index in [2.05, 4.69) is 10.2 Å². The minimum absolute atomic E-state index is 0.940. The molecule has 0 aromatic rings. The van der Waals surface area contributed by atoms with E-state index >= 15 is 0 Å². The van der Waals surface area contributed by atoms with Crippen molar-refractivity contribution in [3.8, 4) is 0 Å². The Balaban J connectivity index is 1.66. The van der Waals surface area contributed by atoms with Crippen molar-refractivity contribution < 1.29 is 0 Å². The predicted octanol–water partition coefficient (Wildman–Crippen LogP) is 1.47. The molecule has 0 aromatic heterocycles. The summed E-state index contributed by atoms with van der Waals surface area (Å²) in [5, 5.41) is 3.57. The van der Waals surface area contributed by atoms with Crippen LogP contribution in [0.1, 0.15) is 32.1 Å². The van der Waals surface area contributed by atoms with Crippen molar-refractivity contribution in [2.75, 3.05) is 26.2 Å². The first-order chi connectivity index (χ1) is 6.95. The van der Waals surface area contributed by atoms with Crippen molar-refractivity contribution in [2.24, 2.45) is 11.8 Å². The maximum absolute atomic E-state index is 3.57. The molecule has 3 unspecified atom stereocenters. The molecule has 1 N–H and O–H groups in total. The summed E-state index contributed by atoms with van der Waals surface area (Å²) >= 11 is 0. The summed E-state index contributed by atoms with van der Waals surface area (Å²) in [6.45, 7) is 5.36. The molecule has 2 heterocycles. The lowest BCUT2D eigenvalue weighted by Gasteiger charge is -2.35. The minimum atomic E-state index is 0.940. The molecule has 14 heavy (non-hydrogen) atoms. The Bertz CT molecular complexity index is 198. The van der Waals surface area contributed by atoms with Crippen molar-refractivity contribution in [3.63, 3.8) is 0 Å². The van der Waals surface area contributed by atoms with Crippen LogP contribution in [0.5, 0.6) is 0 Å². The third kappa shape index (κ3) is 1.49. The average Bonchev–Trinajstić information content (AvgIpc) is 2.79. The van der Waals surface area contributed by atoms with Gasteiger partial charge in [0, 0.05) is 6.04 Å². The van der Waals surface area contributed by atoms with E-state index in [1.807, 2.05) is 0 Å². The van der Waals surface area contributed by atoms with Gasteiger partial charge in [-0.3, -0.25) is 0 Å². The van der Waals surface area contributed by atoms with Gasteiger partial charge in [0.1, 0.15) is 0 Å². The fourth-order valence-electron chi connectivity index (χ4n) is 3.82. The number of likely N-dealkylation sites (tertiary alicyclic amines) is 1. The first kappa shape index (κ1) is 9.17. The normalized spacial score (nSPS) is 44.1. The molecule has 3 fully saturated rings. The van der Waals surface area contributed by atoms with Crippen LogP contribution in [0.2, 0.25) is 0 Å². The van der Waals surface area contributed by atoms with Crippen LogP contribution >= 0.6 is 0 Å². The third-order valence-electron chi connectivity index (χ3n) is 4.58. The molecule has 1 saturated carbocycles. The number of fused-ring (bicyclic) bond motifs is 1. The fraction of sp³-hybridized carbons (Fsp3) is 1.00. The Kier molecular flexibility index (Phi) is 2.50. The first-order valence-electron chi connectivity index (χ1n) is 6.40. The number of hydrogen-bond donors (Lipinski definition) is 1. The first-order valence-corrected chi connectivity index (χ1v) is 6.40. The highest BCUT2D eigenvalue weighted by molar-refractivity contribution is 4.97. The van der Waals surface area contributed by atoms with Gasteiger partial charge in [0.15, 0.2) is 0 Å². The van der Waals surface area contributed by atoms with Gasteiger partial charge in [-0.05, 0) is 63.7 Å². The summed E-state index contributed by atoms with van der Waals surface area (Å²) in [7, 11) is 0. The van der Waals surface area contributed by atoms with Crippen LogP contribution < -0.4 is 5.32 Å². The standard InChI is InChI=1S/C12H22N2/c1-2-6-14(7-3-1)12-5-4-10-8-13-9-11(10)12/h10-13H,1-9H2. The molecule has 2 aliphatic heterocycles. The number of rotatable bonds is 1. The molecular formula is C12H22N2. The summed E-state index contributed by atoms with van der Waals surface area (Å²) < 4.78 is 0. The van der Waals surface area contributed by atoms with Gasteiger partial charge < -0.3 is 10.2 Å². The average molecular weight is 194 g/mol. The molecule has 0 spiro atoms. The minimum Gasteiger partial charge on any atom is -0.316 e. The van der Waals surface area contributed by atoms with Gasteiger partial charge in [0.05, 0.1) is 0 Å². The smallest absolute Gasteiger partial charge is 0.0139 e. The van der Waals surface area contributed by atoms with Crippen molar-refractivity contribution >= 4 is 0 Å². The van der Waals surface area contributed by atoms with E-state index in [0.717, 1.165) is 17.9 Å². The molecule has 2 heteroatoms. The van der Waals surface area contributed by atoms with Gasteiger partial charge in [0.2, 0.25) is 0 Å². The SMILES string of the molecule is C1CCN(C2CCC3CNCC32)CC1. The Morgan fingerprint density at radius 1 is 0.929 bits per heavy atom. The molecule has 1 aliphatic carbocycles. The maximum atomic E-state index is 3.57. The van der Waals surface area contributed by atoms with E-state index in [9.17, 15) is 0 Å². The Morgan fingerprint density at radius 3 is 2.64 bits per heavy atom. The lowest BCUT2D eigenvalue weighted by atomic mass is 9.95. The van der Waals surface area contributed by atoms with Gasteiger partial charge >= 0.3 is 0 Å². The van der Waals surface area contributed by atoms with Gasteiger partial charge in [-0.15, -0.1) is 0 Å². The quantitative estimate of drug-likeness (QED) is 0.680. The molecule has 2 saturated heterocycles. The van der Waals surface area contributed by atoms with Crippen LogP contribution in [0.15, 0.2) is 0 Å². The number of piperidine rings is 1. The molecule has 0 amide bonds. The predicted molar refractivity (Wildman–Crippen MR) is 58.3 cm³/mol. The second-order valence-electron chi connectivity index (χ2n) is 5.32. The molecule has 3 aliphatic rings. The lowest BCUT2D eigenvalue weighted by Crippen LogP contribution is -2.42. The van der Waals surface area contributed by atoms with Gasteiger partial charge in [-0.1, -0.05) is 6.42 Å². The molecule has 80 valence electrons. The van der Waals surface area contributed by atoms with Crippen LogP contribution in [0.25, 0.3) is 0 Å². The molecule has 2 nitrogen and oxygen atoms in total. The second-order valence-corrected chi connectivity index (χ2v) is 5.32. The highest BCUT2D eigenvalue weighted by Crippen LogP contribution is 2.38. The zero-order valence-corrected chi connectivity index (χ0v) is 9.04. The van der Waals surface area contributed by atoms with Crippen molar-refractivity contribution in [2.45, 2.75) is 38.1 Å². The third-order valence-corrected chi connectivity index (χ3v) is 4.58. The van der Waals surface area contributed by atoms with Gasteiger partial charge in [-0.2, -0.15) is 0 Å². The van der Waals surface area contributed by atoms with Gasteiger partial charge in [0.25, 0.3) is 0 Å². The summed E-state index contributed by atoms with van der Waals surface area (Å²) in [5.74, 6) is 2.01. The Morgan fingerprint density at radius 2 is 1.79 bits per heavy atom. The van der Waals surface area contributed by atoms with E-state index in [1.165, 1.54) is 58.3 Å². The van der Waals surface area contributed by atoms with Crippen molar-refractivity contribution in [1.29, 1.82) is 0 Å². The van der Waals surface area contributed by atoms with E-state index in [-0.39, 0.29) is 0 Å². The maximum Gasteiger partial charge on any atom is 0.0139 e. The zero-order valence-electron chi connectivity index (χ0n) is 9.04. The Hall–Kier alpha value is -0.0800. The zero-order chi connectivity index (χ0) is 9.38. The van der Waals surface area contributed by atoms with Crippen LogP contribution in [0.3, 0.4) is 0 Å². The lowest BCUT2D eigenvalue weighted by molar-refractivity contribution is 0.132. The van der Waals surface area contributed by atoms with Crippen LogP contribution in [-0.2, 0) is 0 Å². The summed E-state index contributed by atoms with van der Waals surface area (Å²) in [4.78, 5) is 2.79. The summed E-state index contributed by atoms with van der Waals surface area (Å²) in [5.41, 5.74) is 0. The molecule has 0 radical (unpaired) electrons. The topological polar surface area (TPSA) is 15.3 Å². The highest BCUT2D eigenvalue weighted by Gasteiger charge is 2.41. The summed E-state index contributed by atoms with van der Waals surface area (Å²) in [6, 6.07) is 0.940. The van der Waals surface area contributed by atoms with E-state index < -0.39 is 0 Å². The highest BCUT2D eigenvalue weighted by atomic mass is 15.2. The number of hydrogen-bond acceptors (Lipinski definition) is 2. The number of nitrogens with one attached hydrogen (secondary N) is 1. The summed E-state index contributed by atoms with van der Waals surface area (Å²) in [6.07, 6.45) is 7.33.